The lowest BCUT2D eigenvalue weighted by Gasteiger charge is -2.47. The number of nitrogens with zero attached hydrogens (tertiary/aromatic N) is 2. The van der Waals surface area contributed by atoms with Crippen LogP contribution in [0.4, 0.5) is 0 Å². The first-order valence-corrected chi connectivity index (χ1v) is 3.88. The van der Waals surface area contributed by atoms with Crippen molar-refractivity contribution in [3.63, 3.8) is 0 Å². The summed E-state index contributed by atoms with van der Waals surface area (Å²) in [6, 6.07) is 2.41. The summed E-state index contributed by atoms with van der Waals surface area (Å²) >= 11 is 0. The van der Waals surface area contributed by atoms with Gasteiger partial charge in [0.15, 0.2) is 0 Å². The molecule has 0 aromatic heterocycles. The summed E-state index contributed by atoms with van der Waals surface area (Å²) in [7, 11) is 0. The Kier molecular flexibility index (Phi) is 2.17. The van der Waals surface area contributed by atoms with Gasteiger partial charge in [0, 0.05) is 19.1 Å². The topological polar surface area (TPSA) is 47.3 Å². The number of rotatable bonds is 2. The molecule has 11 heavy (non-hydrogen) atoms. The standard InChI is InChI=1S/C8H14N2O/c1-7(3-4-9)10-5-8(2,11)6-10/h7,11H,3,5-6H2,1-2H3. The van der Waals surface area contributed by atoms with Crippen LogP contribution in [0, 0.1) is 11.3 Å². The van der Waals surface area contributed by atoms with Crippen molar-refractivity contribution in [2.24, 2.45) is 0 Å². The molecule has 1 unspecified atom stereocenters. The van der Waals surface area contributed by atoms with E-state index >= 15 is 0 Å². The smallest absolute Gasteiger partial charge is 0.0872 e. The molecule has 1 N–H and O–H groups in total. The van der Waals surface area contributed by atoms with Crippen LogP contribution in [-0.2, 0) is 0 Å². The molecule has 1 rings (SSSR count). The van der Waals surface area contributed by atoms with Gasteiger partial charge in [0.05, 0.1) is 18.1 Å². The minimum Gasteiger partial charge on any atom is -0.388 e. The van der Waals surface area contributed by atoms with E-state index in [1.54, 1.807) is 0 Å². The van der Waals surface area contributed by atoms with E-state index < -0.39 is 5.60 Å². The summed E-state index contributed by atoms with van der Waals surface area (Å²) in [6.45, 7) is 5.24. The molecule has 1 atom stereocenters. The van der Waals surface area contributed by atoms with Crippen LogP contribution in [0.1, 0.15) is 20.3 Å². The van der Waals surface area contributed by atoms with E-state index in [0.717, 1.165) is 0 Å². The third kappa shape index (κ3) is 1.92. The van der Waals surface area contributed by atoms with Gasteiger partial charge in [-0.15, -0.1) is 0 Å². The fourth-order valence-electron chi connectivity index (χ4n) is 1.40. The minimum atomic E-state index is -0.510. The molecule has 1 aliphatic rings. The first kappa shape index (κ1) is 8.51. The molecule has 0 aromatic rings. The summed E-state index contributed by atoms with van der Waals surface area (Å²) in [6.07, 6.45) is 0.552. The molecular formula is C8H14N2O. The first-order chi connectivity index (χ1) is 5.05. The van der Waals surface area contributed by atoms with Gasteiger partial charge < -0.3 is 5.11 Å². The van der Waals surface area contributed by atoms with Crippen molar-refractivity contribution in [2.45, 2.75) is 31.9 Å². The molecule has 1 fully saturated rings. The van der Waals surface area contributed by atoms with Gasteiger partial charge in [0.25, 0.3) is 0 Å². The number of β-amino-alcohol motifs (C(OH)–C–C–N with tert-alkyl or cyclic N) is 1. The zero-order valence-electron chi connectivity index (χ0n) is 7.04. The summed E-state index contributed by atoms with van der Waals surface area (Å²) in [5.41, 5.74) is -0.510. The van der Waals surface area contributed by atoms with Crippen LogP contribution in [0.3, 0.4) is 0 Å². The van der Waals surface area contributed by atoms with Gasteiger partial charge in [0.2, 0.25) is 0 Å². The molecule has 1 heterocycles. The van der Waals surface area contributed by atoms with Crippen LogP contribution >= 0.6 is 0 Å². The number of likely N-dealkylation sites (tertiary alicyclic amines) is 1. The fraction of sp³-hybridized carbons (Fsp3) is 0.875. The molecule has 0 saturated carbocycles. The monoisotopic (exact) mass is 154 g/mol. The van der Waals surface area contributed by atoms with E-state index in [4.69, 9.17) is 5.26 Å². The molecule has 3 heteroatoms. The van der Waals surface area contributed by atoms with Crippen LogP contribution in [-0.4, -0.2) is 34.7 Å². The third-order valence-corrected chi connectivity index (χ3v) is 2.10. The Labute approximate surface area is 67.2 Å². The van der Waals surface area contributed by atoms with Gasteiger partial charge in [-0.1, -0.05) is 0 Å². The lowest BCUT2D eigenvalue weighted by Crippen LogP contribution is -2.62. The quantitative estimate of drug-likeness (QED) is 0.624. The second-order valence-corrected chi connectivity index (χ2v) is 3.61. The lowest BCUT2D eigenvalue weighted by atomic mass is 9.94. The van der Waals surface area contributed by atoms with Gasteiger partial charge in [-0.05, 0) is 13.8 Å². The zero-order valence-corrected chi connectivity index (χ0v) is 7.04. The molecule has 0 aromatic carbocycles. The largest absolute Gasteiger partial charge is 0.388 e. The number of nitriles is 1. The highest BCUT2D eigenvalue weighted by Gasteiger charge is 2.38. The maximum Gasteiger partial charge on any atom is 0.0872 e. The van der Waals surface area contributed by atoms with E-state index in [1.165, 1.54) is 0 Å². The number of aliphatic hydroxyl groups is 1. The summed E-state index contributed by atoms with van der Waals surface area (Å²) < 4.78 is 0. The lowest BCUT2D eigenvalue weighted by molar-refractivity contribution is -0.0982. The molecular weight excluding hydrogens is 140 g/mol. The van der Waals surface area contributed by atoms with Crippen LogP contribution in [0.25, 0.3) is 0 Å². The SMILES string of the molecule is CC(CC#N)N1CC(C)(O)C1. The van der Waals surface area contributed by atoms with Gasteiger partial charge >= 0.3 is 0 Å². The average Bonchev–Trinajstić information content (AvgIpc) is 1.83. The fourth-order valence-corrected chi connectivity index (χ4v) is 1.40. The molecule has 62 valence electrons. The Morgan fingerprint density at radius 3 is 2.64 bits per heavy atom. The molecule has 0 bridgehead atoms. The van der Waals surface area contributed by atoms with Crippen molar-refractivity contribution in [2.75, 3.05) is 13.1 Å². The Balaban J connectivity index is 2.27. The first-order valence-electron chi connectivity index (χ1n) is 3.88. The summed E-state index contributed by atoms with van der Waals surface area (Å²) in [5.74, 6) is 0. The molecule has 0 radical (unpaired) electrons. The predicted molar refractivity (Wildman–Crippen MR) is 41.9 cm³/mol. The van der Waals surface area contributed by atoms with Crippen molar-refractivity contribution in [1.82, 2.24) is 4.90 Å². The van der Waals surface area contributed by atoms with Gasteiger partial charge in [-0.25, -0.2) is 0 Å². The van der Waals surface area contributed by atoms with Crippen molar-refractivity contribution in [3.8, 4) is 6.07 Å². The molecule has 1 saturated heterocycles. The normalized spacial score (nSPS) is 25.3. The number of hydrogen-bond acceptors (Lipinski definition) is 3. The second kappa shape index (κ2) is 2.80. The van der Waals surface area contributed by atoms with Crippen molar-refractivity contribution in [1.29, 1.82) is 5.26 Å². The zero-order chi connectivity index (χ0) is 8.48. The highest BCUT2D eigenvalue weighted by atomic mass is 16.3. The molecule has 0 aliphatic carbocycles. The van der Waals surface area contributed by atoms with Crippen LogP contribution in [0.5, 0.6) is 0 Å². The maximum atomic E-state index is 9.38. The van der Waals surface area contributed by atoms with Crippen LogP contribution in [0.15, 0.2) is 0 Å². The van der Waals surface area contributed by atoms with Crippen molar-refractivity contribution >= 4 is 0 Å². The third-order valence-electron chi connectivity index (χ3n) is 2.10. The minimum absolute atomic E-state index is 0.292. The summed E-state index contributed by atoms with van der Waals surface area (Å²) in [5, 5.41) is 17.8. The van der Waals surface area contributed by atoms with E-state index in [9.17, 15) is 5.11 Å². The predicted octanol–water partition coefficient (Wildman–Crippen LogP) is 0.355. The van der Waals surface area contributed by atoms with Crippen molar-refractivity contribution in [3.05, 3.63) is 0 Å². The molecule has 3 nitrogen and oxygen atoms in total. The molecule has 0 amide bonds. The highest BCUT2D eigenvalue weighted by molar-refractivity contribution is 4.95. The Morgan fingerprint density at radius 2 is 2.27 bits per heavy atom. The van der Waals surface area contributed by atoms with Gasteiger partial charge in [-0.2, -0.15) is 5.26 Å². The Morgan fingerprint density at radius 1 is 1.73 bits per heavy atom. The molecule has 1 aliphatic heterocycles. The summed E-state index contributed by atoms with van der Waals surface area (Å²) in [4.78, 5) is 2.11. The Bertz CT molecular complexity index is 175. The van der Waals surface area contributed by atoms with Gasteiger partial charge in [-0.3, -0.25) is 4.90 Å². The van der Waals surface area contributed by atoms with Crippen molar-refractivity contribution < 1.29 is 5.11 Å². The van der Waals surface area contributed by atoms with Crippen LogP contribution in [0.2, 0.25) is 0 Å². The molecule has 0 spiro atoms. The van der Waals surface area contributed by atoms with Crippen LogP contribution < -0.4 is 0 Å². The maximum absolute atomic E-state index is 9.38. The Hall–Kier alpha value is -0.590. The average molecular weight is 154 g/mol. The van der Waals surface area contributed by atoms with E-state index in [1.807, 2.05) is 13.8 Å². The van der Waals surface area contributed by atoms with E-state index in [-0.39, 0.29) is 0 Å². The second-order valence-electron chi connectivity index (χ2n) is 3.61. The van der Waals surface area contributed by atoms with Gasteiger partial charge in [0.1, 0.15) is 0 Å². The number of hydrogen-bond donors (Lipinski definition) is 1. The van der Waals surface area contributed by atoms with E-state index in [2.05, 4.69) is 11.0 Å². The highest BCUT2D eigenvalue weighted by Crippen LogP contribution is 2.22. The van der Waals surface area contributed by atoms with E-state index in [0.29, 0.717) is 25.6 Å².